The second-order valence-corrected chi connectivity index (χ2v) is 9.31. The SMILES string of the molecule is Cn1cccc1-c1nc2c(N)ncnc2n1[C@@H]1O[C@@H]2COP([O-])(=S)O[C@H]2[C@H]1O.[Na+]. The van der Waals surface area contributed by atoms with E-state index in [0.717, 1.165) is 5.69 Å². The molecule has 2 aliphatic heterocycles. The summed E-state index contributed by atoms with van der Waals surface area (Å²) in [6.07, 6.45) is -0.433. The van der Waals surface area contributed by atoms with E-state index in [9.17, 15) is 10.00 Å². The predicted octanol–water partition coefficient (Wildman–Crippen LogP) is -3.32. The van der Waals surface area contributed by atoms with Gasteiger partial charge in [-0.25, -0.2) is 15.0 Å². The molecule has 3 aromatic rings. The third kappa shape index (κ3) is 3.47. The topological polar surface area (TPSA) is 146 Å². The molecule has 0 aliphatic carbocycles. The van der Waals surface area contributed by atoms with Gasteiger partial charge in [0.05, 0.1) is 12.3 Å². The number of aromatic nitrogens is 5. The van der Waals surface area contributed by atoms with Crippen molar-refractivity contribution in [1.82, 2.24) is 24.1 Å². The number of nitrogens with zero attached hydrogens (tertiary/aromatic N) is 5. The molecule has 0 radical (unpaired) electrons. The van der Waals surface area contributed by atoms with Crippen LogP contribution in [0.4, 0.5) is 5.82 Å². The van der Waals surface area contributed by atoms with Crippen molar-refractivity contribution in [1.29, 1.82) is 0 Å². The van der Waals surface area contributed by atoms with Crippen molar-refractivity contribution in [2.24, 2.45) is 7.05 Å². The van der Waals surface area contributed by atoms with Crippen molar-refractivity contribution < 1.29 is 53.3 Å². The average Bonchev–Trinajstić information content (AvgIpc) is 3.31. The largest absolute Gasteiger partial charge is 1.00 e. The van der Waals surface area contributed by atoms with Crippen molar-refractivity contribution in [3.63, 3.8) is 0 Å². The number of imidazole rings is 1. The molecule has 2 saturated heterocycles. The Morgan fingerprint density at radius 3 is 2.93 bits per heavy atom. The van der Waals surface area contributed by atoms with Crippen LogP contribution in [-0.2, 0) is 32.6 Å². The molecule has 2 aliphatic rings. The maximum absolute atomic E-state index is 12.0. The van der Waals surface area contributed by atoms with Crippen molar-refractivity contribution in [3.8, 4) is 11.5 Å². The first kappa shape index (κ1) is 21.3. The third-order valence-corrected chi connectivity index (χ3v) is 6.43. The fraction of sp³-hybridized carbons (Fsp3) is 0.400. The zero-order valence-electron chi connectivity index (χ0n) is 15.6. The van der Waals surface area contributed by atoms with Gasteiger partial charge in [0.25, 0.3) is 0 Å². The van der Waals surface area contributed by atoms with Crippen molar-refractivity contribution in [2.75, 3.05) is 12.3 Å². The van der Waals surface area contributed by atoms with Crippen LogP contribution in [-0.4, -0.2) is 54.1 Å². The van der Waals surface area contributed by atoms with Crippen LogP contribution in [0.3, 0.4) is 0 Å². The molecule has 11 nitrogen and oxygen atoms in total. The van der Waals surface area contributed by atoms with E-state index in [-0.39, 0.29) is 42.0 Å². The van der Waals surface area contributed by atoms with E-state index in [4.69, 9.17) is 31.3 Å². The van der Waals surface area contributed by atoms with Crippen molar-refractivity contribution in [2.45, 2.75) is 24.5 Å². The molecule has 2 fully saturated rings. The number of aliphatic hydroxyl groups excluding tert-OH is 1. The van der Waals surface area contributed by atoms with Crippen LogP contribution in [0, 0.1) is 0 Å². The molecule has 1 unspecified atom stereocenters. The normalized spacial score (nSPS) is 31.6. The Balaban J connectivity index is 0.00000205. The number of anilines is 1. The minimum absolute atomic E-state index is 0. The molecule has 5 heterocycles. The van der Waals surface area contributed by atoms with Crippen LogP contribution < -0.4 is 40.2 Å². The van der Waals surface area contributed by atoms with Crippen molar-refractivity contribution >= 4 is 35.5 Å². The molecule has 14 heteroatoms. The van der Waals surface area contributed by atoms with Crippen molar-refractivity contribution in [3.05, 3.63) is 24.7 Å². The Hall–Kier alpha value is -0.920. The summed E-state index contributed by atoms with van der Waals surface area (Å²) >= 11 is 4.80. The number of aliphatic hydroxyl groups is 1. The minimum atomic E-state index is -3.65. The van der Waals surface area contributed by atoms with E-state index in [1.54, 1.807) is 4.57 Å². The van der Waals surface area contributed by atoms with Gasteiger partial charge in [0.1, 0.15) is 31.4 Å². The van der Waals surface area contributed by atoms with E-state index in [2.05, 4.69) is 15.0 Å². The number of rotatable bonds is 2. The number of ether oxygens (including phenoxy) is 1. The molecule has 0 amide bonds. The molecule has 3 aromatic heterocycles. The predicted molar refractivity (Wildman–Crippen MR) is 99.2 cm³/mol. The smallest absolute Gasteiger partial charge is 0.780 e. The second-order valence-electron chi connectivity index (χ2n) is 6.61. The third-order valence-electron chi connectivity index (χ3n) is 4.89. The van der Waals surface area contributed by atoms with E-state index in [1.807, 2.05) is 29.9 Å². The zero-order valence-corrected chi connectivity index (χ0v) is 19.3. The Morgan fingerprint density at radius 2 is 2.21 bits per heavy atom. The monoisotopic (exact) mass is 446 g/mol. The number of aryl methyl sites for hydroxylation is 1. The first-order valence-corrected chi connectivity index (χ1v) is 11.0. The fourth-order valence-corrected chi connectivity index (χ4v) is 5.01. The van der Waals surface area contributed by atoms with Crippen LogP contribution in [0.1, 0.15) is 6.23 Å². The first-order valence-electron chi connectivity index (χ1n) is 8.43. The molecule has 0 bridgehead atoms. The number of hydrogen-bond donors (Lipinski definition) is 2. The second kappa shape index (κ2) is 7.65. The summed E-state index contributed by atoms with van der Waals surface area (Å²) in [6.45, 7) is -3.69. The van der Waals surface area contributed by atoms with Crippen LogP contribution in [0.25, 0.3) is 22.7 Å². The molecule has 0 saturated carbocycles. The van der Waals surface area contributed by atoms with Gasteiger partial charge in [-0.3, -0.25) is 4.57 Å². The molecule has 0 spiro atoms. The van der Waals surface area contributed by atoms with Gasteiger partial charge in [0.15, 0.2) is 29.0 Å². The molecular weight excluding hydrogens is 430 g/mol. The number of fused-ring (bicyclic) bond motifs is 2. The minimum Gasteiger partial charge on any atom is -0.780 e. The fourth-order valence-electron chi connectivity index (χ4n) is 3.58. The zero-order chi connectivity index (χ0) is 19.6. The van der Waals surface area contributed by atoms with Crippen LogP contribution in [0.2, 0.25) is 0 Å². The molecule has 3 N–H and O–H groups in total. The summed E-state index contributed by atoms with van der Waals surface area (Å²) in [6, 6.07) is 3.73. The first-order chi connectivity index (χ1) is 13.4. The van der Waals surface area contributed by atoms with Crippen LogP contribution >= 0.6 is 6.72 Å². The molecule has 5 rings (SSSR count). The summed E-state index contributed by atoms with van der Waals surface area (Å²) in [5.41, 5.74) is 7.52. The Kier molecular flexibility index (Phi) is 5.62. The molecule has 29 heavy (non-hydrogen) atoms. The Morgan fingerprint density at radius 1 is 1.41 bits per heavy atom. The number of nitrogens with two attached hydrogens (primary N) is 1. The maximum atomic E-state index is 12.0. The summed E-state index contributed by atoms with van der Waals surface area (Å²) in [4.78, 5) is 24.9. The van der Waals surface area contributed by atoms with Gasteiger partial charge in [-0.05, 0) is 12.1 Å². The standard InChI is InChI=1S/C15H17N6O5PS.Na/c1-20-4-2-3-7(20)13-19-9-12(16)17-6-18-14(9)21(13)15-10(22)11-8(25-15)5-24-27(23,28)26-11;/h2-4,6,8,10-11,15,22H,5H2,1H3,(H,23,28)(H2,16,17,18);/q;+1/p-1/t8-,10-,11-,15-,27?;/m1./s1. The van der Waals surface area contributed by atoms with Gasteiger partial charge in [-0.1, -0.05) is 11.8 Å². The summed E-state index contributed by atoms with van der Waals surface area (Å²) < 4.78 is 19.9. The van der Waals surface area contributed by atoms with E-state index in [1.165, 1.54) is 6.33 Å². The Labute approximate surface area is 192 Å². The quantitative estimate of drug-likeness (QED) is 0.303. The summed E-state index contributed by atoms with van der Waals surface area (Å²) in [5.74, 6) is 0.693. The van der Waals surface area contributed by atoms with Gasteiger partial charge >= 0.3 is 29.6 Å². The summed E-state index contributed by atoms with van der Waals surface area (Å²) in [5, 5.41) is 10.9. The van der Waals surface area contributed by atoms with Gasteiger partial charge in [0.2, 0.25) is 0 Å². The van der Waals surface area contributed by atoms with E-state index >= 15 is 0 Å². The maximum Gasteiger partial charge on any atom is 1.00 e. The Bertz CT molecular complexity index is 1120. The van der Waals surface area contributed by atoms with E-state index < -0.39 is 31.3 Å². The summed E-state index contributed by atoms with van der Waals surface area (Å²) in [7, 11) is 1.87. The molecule has 148 valence electrons. The molecule has 5 atom stereocenters. The van der Waals surface area contributed by atoms with Gasteiger partial charge in [-0.2, -0.15) is 0 Å². The van der Waals surface area contributed by atoms with E-state index in [0.29, 0.717) is 17.0 Å². The van der Waals surface area contributed by atoms with Gasteiger partial charge < -0.3 is 34.1 Å². The van der Waals surface area contributed by atoms with Crippen LogP contribution in [0.15, 0.2) is 24.7 Å². The number of nitrogen functional groups attached to an aromatic ring is 1. The van der Waals surface area contributed by atoms with Gasteiger partial charge in [-0.15, -0.1) is 0 Å². The van der Waals surface area contributed by atoms with Gasteiger partial charge in [0, 0.05) is 13.2 Å². The van der Waals surface area contributed by atoms with Crippen LogP contribution in [0.5, 0.6) is 0 Å². The average molecular weight is 446 g/mol. The number of hydrogen-bond acceptors (Lipinski definition) is 10. The molecular formula is C15H16N6NaO5PS. The molecule has 0 aromatic carbocycles.